The van der Waals surface area contributed by atoms with Crippen LogP contribution < -0.4 is 0 Å². The average Bonchev–Trinajstić information content (AvgIpc) is 2.13. The SMILES string of the molecule is C[C@H]1C[C@H]1S(=O)(=O)Cl. The van der Waals surface area contributed by atoms with Gasteiger partial charge in [-0.15, -0.1) is 0 Å². The third-order valence-electron chi connectivity index (χ3n) is 1.40. The summed E-state index contributed by atoms with van der Waals surface area (Å²) in [5.41, 5.74) is 0. The van der Waals surface area contributed by atoms with E-state index in [0.717, 1.165) is 6.42 Å². The van der Waals surface area contributed by atoms with Crippen LogP contribution in [-0.4, -0.2) is 13.7 Å². The summed E-state index contributed by atoms with van der Waals surface area (Å²) in [6, 6.07) is 0. The Balaban J connectivity index is 2.66. The summed E-state index contributed by atoms with van der Waals surface area (Å²) >= 11 is 0. The zero-order valence-corrected chi connectivity index (χ0v) is 6.04. The fourth-order valence-electron chi connectivity index (χ4n) is 0.680. The standard InChI is InChI=1S/C4H7ClO2S/c1-3-2-4(3)8(5,6)7/h3-4H,2H2,1H3/t3-,4+/m0/s1. The van der Waals surface area contributed by atoms with Gasteiger partial charge in [-0.05, 0) is 12.3 Å². The maximum atomic E-state index is 10.4. The molecule has 4 heteroatoms. The minimum absolute atomic E-state index is 0.246. The van der Waals surface area contributed by atoms with Gasteiger partial charge in [0.1, 0.15) is 0 Å². The van der Waals surface area contributed by atoms with Crippen molar-refractivity contribution in [2.24, 2.45) is 5.92 Å². The maximum absolute atomic E-state index is 10.4. The molecule has 0 spiro atoms. The summed E-state index contributed by atoms with van der Waals surface area (Å²) in [5, 5.41) is -0.246. The fourth-order valence-corrected chi connectivity index (χ4v) is 2.51. The predicted molar refractivity (Wildman–Crippen MR) is 32.3 cm³/mol. The van der Waals surface area contributed by atoms with E-state index < -0.39 is 9.05 Å². The molecule has 1 aliphatic rings. The third kappa shape index (κ3) is 1.14. The molecule has 0 heterocycles. The van der Waals surface area contributed by atoms with Crippen LogP contribution in [0.15, 0.2) is 0 Å². The molecule has 0 aromatic carbocycles. The van der Waals surface area contributed by atoms with Crippen LogP contribution in [0.25, 0.3) is 0 Å². The van der Waals surface area contributed by atoms with Crippen molar-refractivity contribution < 1.29 is 8.42 Å². The molecule has 48 valence electrons. The van der Waals surface area contributed by atoms with Gasteiger partial charge in [-0.3, -0.25) is 0 Å². The van der Waals surface area contributed by atoms with E-state index in [2.05, 4.69) is 0 Å². The van der Waals surface area contributed by atoms with E-state index in [9.17, 15) is 8.42 Å². The molecular weight excluding hydrogens is 148 g/mol. The second-order valence-electron chi connectivity index (χ2n) is 2.23. The van der Waals surface area contributed by atoms with E-state index in [4.69, 9.17) is 10.7 Å². The molecule has 1 saturated carbocycles. The van der Waals surface area contributed by atoms with Crippen LogP contribution in [0.4, 0.5) is 0 Å². The summed E-state index contributed by atoms with van der Waals surface area (Å²) in [5.74, 6) is 0.289. The van der Waals surface area contributed by atoms with Gasteiger partial charge < -0.3 is 0 Å². The number of rotatable bonds is 1. The van der Waals surface area contributed by atoms with Crippen LogP contribution in [-0.2, 0) is 9.05 Å². The molecule has 0 aliphatic heterocycles. The Labute approximate surface area is 53.3 Å². The monoisotopic (exact) mass is 154 g/mol. The molecule has 0 aromatic heterocycles. The van der Waals surface area contributed by atoms with E-state index in [1.807, 2.05) is 6.92 Å². The lowest BCUT2D eigenvalue weighted by Crippen LogP contribution is -1.97. The summed E-state index contributed by atoms with van der Waals surface area (Å²) in [6.07, 6.45) is 0.742. The Bertz CT molecular complexity index is 184. The van der Waals surface area contributed by atoms with Crippen molar-refractivity contribution in [3.05, 3.63) is 0 Å². The quantitative estimate of drug-likeness (QED) is 0.528. The van der Waals surface area contributed by atoms with Crippen LogP contribution >= 0.6 is 10.7 Å². The molecule has 1 fully saturated rings. The van der Waals surface area contributed by atoms with Gasteiger partial charge in [0.2, 0.25) is 9.05 Å². The lowest BCUT2D eigenvalue weighted by Gasteiger charge is -1.84. The molecule has 1 rings (SSSR count). The fraction of sp³-hybridized carbons (Fsp3) is 1.00. The highest BCUT2D eigenvalue weighted by atomic mass is 35.7. The summed E-state index contributed by atoms with van der Waals surface area (Å²) < 4.78 is 20.7. The molecule has 0 saturated heterocycles. The molecule has 1 aliphatic carbocycles. The zero-order chi connectivity index (χ0) is 6.36. The lowest BCUT2D eigenvalue weighted by atomic mass is 10.5. The first-order valence-electron chi connectivity index (χ1n) is 2.45. The largest absolute Gasteiger partial charge is 0.235 e. The van der Waals surface area contributed by atoms with E-state index in [1.165, 1.54) is 0 Å². The Morgan fingerprint density at radius 1 is 1.62 bits per heavy atom. The molecule has 0 amide bonds. The van der Waals surface area contributed by atoms with Gasteiger partial charge in [0.25, 0.3) is 0 Å². The van der Waals surface area contributed by atoms with Crippen LogP contribution in [0.2, 0.25) is 0 Å². The molecule has 0 bridgehead atoms. The topological polar surface area (TPSA) is 34.1 Å². The molecule has 0 N–H and O–H groups in total. The number of hydrogen-bond donors (Lipinski definition) is 0. The maximum Gasteiger partial charge on any atom is 0.235 e. The van der Waals surface area contributed by atoms with Crippen molar-refractivity contribution in [2.75, 3.05) is 0 Å². The van der Waals surface area contributed by atoms with Crippen molar-refractivity contribution in [3.8, 4) is 0 Å². The highest BCUT2D eigenvalue weighted by molar-refractivity contribution is 8.14. The molecular formula is C4H7ClO2S. The van der Waals surface area contributed by atoms with Crippen molar-refractivity contribution in [2.45, 2.75) is 18.6 Å². The highest BCUT2D eigenvalue weighted by Crippen LogP contribution is 2.38. The summed E-state index contributed by atoms with van der Waals surface area (Å²) in [7, 11) is 1.79. The van der Waals surface area contributed by atoms with Gasteiger partial charge in [-0.25, -0.2) is 8.42 Å². The number of hydrogen-bond acceptors (Lipinski definition) is 2. The van der Waals surface area contributed by atoms with Crippen LogP contribution in [0.1, 0.15) is 13.3 Å². The smallest absolute Gasteiger partial charge is 0.212 e. The molecule has 0 radical (unpaired) electrons. The first-order chi connectivity index (χ1) is 3.52. The minimum atomic E-state index is -3.21. The van der Waals surface area contributed by atoms with E-state index in [1.54, 1.807) is 0 Å². The summed E-state index contributed by atoms with van der Waals surface area (Å²) in [6.45, 7) is 1.88. The third-order valence-corrected chi connectivity index (χ3v) is 3.46. The number of halogens is 1. The average molecular weight is 155 g/mol. The van der Waals surface area contributed by atoms with E-state index in [-0.39, 0.29) is 11.2 Å². The molecule has 8 heavy (non-hydrogen) atoms. The molecule has 2 atom stereocenters. The Kier molecular flexibility index (Phi) is 1.28. The minimum Gasteiger partial charge on any atom is -0.212 e. The van der Waals surface area contributed by atoms with Crippen molar-refractivity contribution in [1.82, 2.24) is 0 Å². The Morgan fingerprint density at radius 3 is 2.00 bits per heavy atom. The van der Waals surface area contributed by atoms with Crippen LogP contribution in [0, 0.1) is 5.92 Å². The normalized spacial score (nSPS) is 37.2. The second kappa shape index (κ2) is 1.61. The second-order valence-corrected chi connectivity index (χ2v) is 5.07. The molecule has 0 unspecified atom stereocenters. The molecule has 0 aromatic rings. The van der Waals surface area contributed by atoms with Crippen molar-refractivity contribution >= 4 is 19.7 Å². The van der Waals surface area contributed by atoms with Gasteiger partial charge in [0, 0.05) is 10.7 Å². The van der Waals surface area contributed by atoms with Crippen molar-refractivity contribution in [1.29, 1.82) is 0 Å². The van der Waals surface area contributed by atoms with Gasteiger partial charge in [0.05, 0.1) is 5.25 Å². The first kappa shape index (κ1) is 6.36. The van der Waals surface area contributed by atoms with Gasteiger partial charge >= 0.3 is 0 Å². The highest BCUT2D eigenvalue weighted by Gasteiger charge is 2.42. The Hall–Kier alpha value is 0.240. The van der Waals surface area contributed by atoms with E-state index in [0.29, 0.717) is 0 Å². The summed E-state index contributed by atoms with van der Waals surface area (Å²) in [4.78, 5) is 0. The Morgan fingerprint density at radius 2 is 2.00 bits per heavy atom. The van der Waals surface area contributed by atoms with Gasteiger partial charge in [0.15, 0.2) is 0 Å². The van der Waals surface area contributed by atoms with Crippen LogP contribution in [0.5, 0.6) is 0 Å². The van der Waals surface area contributed by atoms with Gasteiger partial charge in [-0.1, -0.05) is 6.92 Å². The lowest BCUT2D eigenvalue weighted by molar-refractivity contribution is 0.606. The predicted octanol–water partition coefficient (Wildman–Crippen LogP) is 0.963. The van der Waals surface area contributed by atoms with Crippen LogP contribution in [0.3, 0.4) is 0 Å². The molecule has 2 nitrogen and oxygen atoms in total. The first-order valence-corrected chi connectivity index (χ1v) is 4.82. The van der Waals surface area contributed by atoms with Gasteiger partial charge in [-0.2, -0.15) is 0 Å². The van der Waals surface area contributed by atoms with E-state index >= 15 is 0 Å². The van der Waals surface area contributed by atoms with Crippen molar-refractivity contribution in [3.63, 3.8) is 0 Å². The zero-order valence-electron chi connectivity index (χ0n) is 4.46.